The fourth-order valence-corrected chi connectivity index (χ4v) is 2.32. The quantitative estimate of drug-likeness (QED) is 0.866. The predicted octanol–water partition coefficient (Wildman–Crippen LogP) is 1.74. The highest BCUT2D eigenvalue weighted by molar-refractivity contribution is 5.97. The molecule has 0 spiro atoms. The third kappa shape index (κ3) is 3.25. The summed E-state index contributed by atoms with van der Waals surface area (Å²) in [7, 11) is 3.84. The van der Waals surface area contributed by atoms with Crippen LogP contribution in [0.3, 0.4) is 0 Å². The summed E-state index contributed by atoms with van der Waals surface area (Å²) in [6.07, 6.45) is 2.24. The maximum absolute atomic E-state index is 13.5. The minimum absolute atomic E-state index is 0.185. The van der Waals surface area contributed by atoms with E-state index in [9.17, 15) is 18.7 Å². The van der Waals surface area contributed by atoms with E-state index in [1.54, 1.807) is 0 Å². The number of aromatic hydroxyl groups is 1. The van der Waals surface area contributed by atoms with Crippen molar-refractivity contribution < 1.29 is 18.7 Å². The number of benzene rings is 1. The van der Waals surface area contributed by atoms with Crippen molar-refractivity contribution >= 4 is 5.91 Å². The van der Waals surface area contributed by atoms with Crippen LogP contribution < -0.4 is 5.32 Å². The number of phenols is 1. The van der Waals surface area contributed by atoms with Gasteiger partial charge in [0.15, 0.2) is 0 Å². The summed E-state index contributed by atoms with van der Waals surface area (Å²) in [6, 6.07) is 1.49. The normalized spacial score (nSPS) is 16.2. The molecule has 1 aromatic rings. The van der Waals surface area contributed by atoms with Crippen molar-refractivity contribution in [3.05, 3.63) is 29.3 Å². The molecule has 20 heavy (non-hydrogen) atoms. The molecule has 1 atom stereocenters. The minimum atomic E-state index is -1.06. The van der Waals surface area contributed by atoms with Crippen molar-refractivity contribution in [2.75, 3.05) is 20.6 Å². The van der Waals surface area contributed by atoms with Crippen molar-refractivity contribution in [2.24, 2.45) is 5.92 Å². The number of carbonyl (C=O) groups is 1. The van der Waals surface area contributed by atoms with Gasteiger partial charge in [0.25, 0.3) is 5.91 Å². The Bertz CT molecular complexity index is 491. The first-order chi connectivity index (χ1) is 9.40. The first-order valence-electron chi connectivity index (χ1n) is 6.52. The van der Waals surface area contributed by atoms with Gasteiger partial charge in [-0.2, -0.15) is 0 Å². The van der Waals surface area contributed by atoms with Gasteiger partial charge >= 0.3 is 0 Å². The molecule has 110 valence electrons. The topological polar surface area (TPSA) is 52.6 Å². The summed E-state index contributed by atoms with van der Waals surface area (Å²) in [5.41, 5.74) is -0.514. The molecule has 0 saturated heterocycles. The first kappa shape index (κ1) is 14.7. The maximum atomic E-state index is 13.5. The fourth-order valence-electron chi connectivity index (χ4n) is 2.32. The van der Waals surface area contributed by atoms with Crippen molar-refractivity contribution in [1.29, 1.82) is 0 Å². The largest absolute Gasteiger partial charge is 0.507 e. The number of nitrogens with zero attached hydrogens (tertiary/aromatic N) is 1. The van der Waals surface area contributed by atoms with Gasteiger partial charge in [0.1, 0.15) is 22.9 Å². The summed E-state index contributed by atoms with van der Waals surface area (Å²) in [4.78, 5) is 13.9. The second-order valence-corrected chi connectivity index (χ2v) is 5.36. The second-order valence-electron chi connectivity index (χ2n) is 5.36. The molecular weight excluding hydrogens is 266 g/mol. The fraction of sp³-hybridized carbons (Fsp3) is 0.500. The Morgan fingerprint density at radius 3 is 2.60 bits per heavy atom. The number of amides is 1. The molecule has 1 aromatic carbocycles. The van der Waals surface area contributed by atoms with E-state index in [0.717, 1.165) is 18.9 Å². The Hall–Kier alpha value is -1.69. The van der Waals surface area contributed by atoms with Crippen LogP contribution in [-0.4, -0.2) is 42.6 Å². The van der Waals surface area contributed by atoms with Crippen LogP contribution >= 0.6 is 0 Å². The summed E-state index contributed by atoms with van der Waals surface area (Å²) < 4.78 is 26.4. The van der Waals surface area contributed by atoms with E-state index in [0.29, 0.717) is 18.5 Å². The summed E-state index contributed by atoms with van der Waals surface area (Å²) in [6.45, 7) is 0.368. The molecule has 1 aliphatic rings. The van der Waals surface area contributed by atoms with Crippen LogP contribution in [0.1, 0.15) is 23.2 Å². The number of phenolic OH excluding ortho intramolecular Hbond substituents is 1. The number of rotatable bonds is 5. The molecule has 0 aromatic heterocycles. The molecule has 2 rings (SSSR count). The van der Waals surface area contributed by atoms with E-state index in [1.165, 1.54) is 0 Å². The van der Waals surface area contributed by atoms with E-state index in [1.807, 2.05) is 19.0 Å². The Kier molecular flexibility index (Phi) is 4.23. The molecule has 1 amide bonds. The lowest BCUT2D eigenvalue weighted by molar-refractivity contribution is 0.0932. The van der Waals surface area contributed by atoms with Gasteiger partial charge in [-0.15, -0.1) is 0 Å². The van der Waals surface area contributed by atoms with Crippen molar-refractivity contribution in [3.63, 3.8) is 0 Å². The molecule has 0 heterocycles. The second kappa shape index (κ2) is 5.75. The molecule has 1 saturated carbocycles. The van der Waals surface area contributed by atoms with Gasteiger partial charge in [0.2, 0.25) is 0 Å². The summed E-state index contributed by atoms with van der Waals surface area (Å²) >= 11 is 0. The average molecular weight is 284 g/mol. The highest BCUT2D eigenvalue weighted by Crippen LogP contribution is 2.34. The van der Waals surface area contributed by atoms with E-state index in [4.69, 9.17) is 0 Å². The highest BCUT2D eigenvalue weighted by Gasteiger charge is 2.33. The predicted molar refractivity (Wildman–Crippen MR) is 70.6 cm³/mol. The van der Waals surface area contributed by atoms with E-state index < -0.39 is 28.9 Å². The summed E-state index contributed by atoms with van der Waals surface area (Å²) in [5.74, 6) is -2.86. The maximum Gasteiger partial charge on any atom is 0.258 e. The number of likely N-dealkylation sites (N-methyl/N-ethyl adjacent to an activating group) is 1. The third-order valence-electron chi connectivity index (χ3n) is 3.56. The van der Waals surface area contributed by atoms with Gasteiger partial charge in [0, 0.05) is 24.7 Å². The van der Waals surface area contributed by atoms with Crippen LogP contribution in [0.5, 0.6) is 5.75 Å². The zero-order valence-electron chi connectivity index (χ0n) is 11.5. The van der Waals surface area contributed by atoms with Crippen molar-refractivity contribution in [3.8, 4) is 5.75 Å². The smallest absolute Gasteiger partial charge is 0.258 e. The zero-order chi connectivity index (χ0) is 14.9. The lowest BCUT2D eigenvalue weighted by Gasteiger charge is -2.24. The third-order valence-corrected chi connectivity index (χ3v) is 3.56. The molecule has 0 aliphatic heterocycles. The van der Waals surface area contributed by atoms with Gasteiger partial charge < -0.3 is 15.3 Å². The van der Waals surface area contributed by atoms with Crippen LogP contribution in [0.25, 0.3) is 0 Å². The Labute approximate surface area is 116 Å². The number of hydrogen-bond donors (Lipinski definition) is 2. The molecular formula is C14H18F2N2O2. The number of hydrogen-bond acceptors (Lipinski definition) is 3. The average Bonchev–Trinajstić information content (AvgIpc) is 3.11. The van der Waals surface area contributed by atoms with Crippen LogP contribution in [0.15, 0.2) is 12.1 Å². The van der Waals surface area contributed by atoms with E-state index in [-0.39, 0.29) is 6.04 Å². The Morgan fingerprint density at radius 2 is 2.10 bits per heavy atom. The zero-order valence-corrected chi connectivity index (χ0v) is 11.5. The molecule has 1 fully saturated rings. The van der Waals surface area contributed by atoms with Gasteiger partial charge in [-0.1, -0.05) is 0 Å². The first-order valence-corrected chi connectivity index (χ1v) is 6.52. The Morgan fingerprint density at radius 1 is 1.45 bits per heavy atom. The molecule has 2 N–H and O–H groups in total. The molecule has 6 heteroatoms. The minimum Gasteiger partial charge on any atom is -0.507 e. The van der Waals surface area contributed by atoms with Crippen LogP contribution in [0, 0.1) is 17.6 Å². The molecule has 0 radical (unpaired) electrons. The number of halogens is 2. The van der Waals surface area contributed by atoms with Gasteiger partial charge in [0.05, 0.1) is 0 Å². The lowest BCUT2D eigenvalue weighted by atomic mass is 10.1. The molecule has 1 aliphatic carbocycles. The molecule has 0 unspecified atom stereocenters. The van der Waals surface area contributed by atoms with Crippen LogP contribution in [0.4, 0.5) is 8.78 Å². The van der Waals surface area contributed by atoms with Crippen molar-refractivity contribution in [2.45, 2.75) is 18.9 Å². The van der Waals surface area contributed by atoms with Gasteiger partial charge in [-0.05, 0) is 32.9 Å². The lowest BCUT2D eigenvalue weighted by Crippen LogP contribution is -2.41. The standard InChI is InChI=1S/C14H18F2N2O2/c1-18(2)11(8-3-4-8)7-17-14(20)13-10(16)5-9(15)6-12(13)19/h5-6,8,11,19H,3-4,7H2,1-2H3,(H,17,20)/t11-/m1/s1. The highest BCUT2D eigenvalue weighted by atomic mass is 19.1. The van der Waals surface area contributed by atoms with Gasteiger partial charge in [-0.3, -0.25) is 4.79 Å². The van der Waals surface area contributed by atoms with E-state index in [2.05, 4.69) is 5.32 Å². The van der Waals surface area contributed by atoms with Crippen molar-refractivity contribution in [1.82, 2.24) is 10.2 Å². The summed E-state index contributed by atoms with van der Waals surface area (Å²) in [5, 5.41) is 12.1. The number of carbonyl (C=O) groups excluding carboxylic acids is 1. The van der Waals surface area contributed by atoms with E-state index >= 15 is 0 Å². The van der Waals surface area contributed by atoms with Gasteiger partial charge in [-0.25, -0.2) is 8.78 Å². The number of nitrogens with one attached hydrogen (secondary N) is 1. The Balaban J connectivity index is 2.05. The SMILES string of the molecule is CN(C)[C@H](CNC(=O)c1c(O)cc(F)cc1F)C1CC1. The monoisotopic (exact) mass is 284 g/mol. The molecule has 0 bridgehead atoms. The molecule has 4 nitrogen and oxygen atoms in total. The van der Waals surface area contributed by atoms with Crippen LogP contribution in [0.2, 0.25) is 0 Å². The van der Waals surface area contributed by atoms with Crippen LogP contribution in [-0.2, 0) is 0 Å².